The van der Waals surface area contributed by atoms with Gasteiger partial charge in [0.1, 0.15) is 28.6 Å². The molecule has 3 aromatic rings. The van der Waals surface area contributed by atoms with E-state index < -0.39 is 0 Å². The van der Waals surface area contributed by atoms with Gasteiger partial charge in [-0.3, -0.25) is 4.79 Å². The van der Waals surface area contributed by atoms with Gasteiger partial charge in [-0.1, -0.05) is 5.16 Å². The first-order chi connectivity index (χ1) is 15.4. The lowest BCUT2D eigenvalue weighted by Crippen LogP contribution is -2.42. The van der Waals surface area contributed by atoms with Gasteiger partial charge in [0.15, 0.2) is 11.5 Å². The van der Waals surface area contributed by atoms with Crippen molar-refractivity contribution in [1.82, 2.24) is 15.8 Å². The Kier molecular flexibility index (Phi) is 6.18. The van der Waals surface area contributed by atoms with Crippen LogP contribution in [0.5, 0.6) is 23.0 Å². The molecule has 1 aromatic heterocycles. The van der Waals surface area contributed by atoms with Crippen LogP contribution in [0.3, 0.4) is 0 Å². The molecule has 1 aliphatic rings. The maximum Gasteiger partial charge on any atom is 0.273 e. The molecule has 32 heavy (non-hydrogen) atoms. The molecule has 1 amide bonds. The molecule has 0 atom stereocenters. The summed E-state index contributed by atoms with van der Waals surface area (Å²) in [6.45, 7) is 1.71. The van der Waals surface area contributed by atoms with Crippen molar-refractivity contribution in [3.05, 3.63) is 48.2 Å². The molecule has 0 aliphatic carbocycles. The summed E-state index contributed by atoms with van der Waals surface area (Å²) in [6, 6.07) is 11.4. The molecule has 4 rings (SSSR count). The Morgan fingerprint density at radius 3 is 2.56 bits per heavy atom. The molecule has 4 N–H and O–H groups in total. The number of rotatable bonds is 6. The Morgan fingerprint density at radius 1 is 1.16 bits per heavy atom. The van der Waals surface area contributed by atoms with E-state index in [2.05, 4.69) is 15.8 Å². The first-order valence-corrected chi connectivity index (χ1v) is 10.4. The van der Waals surface area contributed by atoms with Gasteiger partial charge in [-0.15, -0.1) is 0 Å². The number of aromatic nitrogens is 1. The summed E-state index contributed by atoms with van der Waals surface area (Å²) >= 11 is 0. The van der Waals surface area contributed by atoms with Crippen LogP contribution < -0.4 is 20.3 Å². The monoisotopic (exact) mass is 438 g/mol. The van der Waals surface area contributed by atoms with Gasteiger partial charge in [0.25, 0.3) is 5.91 Å². The van der Waals surface area contributed by atoms with Gasteiger partial charge in [-0.05, 0) is 50.2 Å². The normalized spacial score (nSPS) is 14.2. The Bertz CT molecular complexity index is 1090. The lowest BCUT2D eigenvalue weighted by Gasteiger charge is -2.23. The fourth-order valence-corrected chi connectivity index (χ4v) is 3.58. The van der Waals surface area contributed by atoms with Crippen molar-refractivity contribution >= 4 is 11.6 Å². The van der Waals surface area contributed by atoms with E-state index in [1.807, 2.05) is 31.1 Å². The highest BCUT2D eigenvalue weighted by Crippen LogP contribution is 2.43. The third-order valence-corrected chi connectivity index (χ3v) is 5.31. The lowest BCUT2D eigenvalue weighted by atomic mass is 10.1. The summed E-state index contributed by atoms with van der Waals surface area (Å²) in [5, 5.41) is 30.5. The second-order valence-corrected chi connectivity index (χ2v) is 7.90. The zero-order valence-electron chi connectivity index (χ0n) is 18.0. The van der Waals surface area contributed by atoms with Crippen LogP contribution in [-0.2, 0) is 0 Å². The molecule has 1 fully saturated rings. The molecule has 1 saturated heterocycles. The Balaban J connectivity index is 1.59. The van der Waals surface area contributed by atoms with Crippen LogP contribution in [0.4, 0.5) is 5.69 Å². The van der Waals surface area contributed by atoms with Gasteiger partial charge >= 0.3 is 0 Å². The second-order valence-electron chi connectivity index (χ2n) is 7.90. The SMILES string of the molecule is CN(C)c1ccc(Oc2cc(O)cc(O)c2-c2cc(C(=O)NC3CCNCC3)no2)cc1. The Labute approximate surface area is 185 Å². The molecule has 0 spiro atoms. The van der Waals surface area contributed by atoms with E-state index in [0.717, 1.165) is 31.6 Å². The largest absolute Gasteiger partial charge is 0.508 e. The number of anilines is 1. The minimum Gasteiger partial charge on any atom is -0.508 e. The number of hydrogen-bond donors (Lipinski definition) is 4. The van der Waals surface area contributed by atoms with Crippen molar-refractivity contribution in [2.75, 3.05) is 32.1 Å². The van der Waals surface area contributed by atoms with E-state index in [1.54, 1.807) is 12.1 Å². The number of ether oxygens (including phenoxy) is 1. The fourth-order valence-electron chi connectivity index (χ4n) is 3.58. The van der Waals surface area contributed by atoms with Crippen molar-refractivity contribution in [2.24, 2.45) is 0 Å². The van der Waals surface area contributed by atoms with Crippen molar-refractivity contribution < 1.29 is 24.3 Å². The van der Waals surface area contributed by atoms with E-state index in [9.17, 15) is 15.0 Å². The minimum absolute atomic E-state index is 0.0787. The second kappa shape index (κ2) is 9.19. The van der Waals surface area contributed by atoms with E-state index in [1.165, 1.54) is 18.2 Å². The highest BCUT2D eigenvalue weighted by atomic mass is 16.5. The quantitative estimate of drug-likeness (QED) is 0.463. The average molecular weight is 438 g/mol. The van der Waals surface area contributed by atoms with Crippen LogP contribution in [-0.4, -0.2) is 54.5 Å². The highest BCUT2D eigenvalue weighted by molar-refractivity contribution is 5.93. The third-order valence-electron chi connectivity index (χ3n) is 5.31. The van der Waals surface area contributed by atoms with Crippen LogP contribution in [0.15, 0.2) is 47.0 Å². The number of carbonyl (C=O) groups is 1. The minimum atomic E-state index is -0.341. The summed E-state index contributed by atoms with van der Waals surface area (Å²) in [6.07, 6.45) is 1.69. The zero-order valence-corrected chi connectivity index (χ0v) is 18.0. The molecule has 9 nitrogen and oxygen atoms in total. The van der Waals surface area contributed by atoms with Gasteiger partial charge in [-0.2, -0.15) is 0 Å². The zero-order chi connectivity index (χ0) is 22.7. The van der Waals surface area contributed by atoms with Gasteiger partial charge in [0, 0.05) is 44.0 Å². The number of benzene rings is 2. The highest BCUT2D eigenvalue weighted by Gasteiger charge is 2.23. The molecule has 9 heteroatoms. The Morgan fingerprint density at radius 2 is 1.88 bits per heavy atom. The molecular formula is C23H26N4O5. The molecule has 1 aliphatic heterocycles. The summed E-state index contributed by atoms with van der Waals surface area (Å²) in [5.41, 5.74) is 1.29. The number of phenolic OH excluding ortho intramolecular Hbond substituents is 2. The molecule has 2 aromatic carbocycles. The maximum absolute atomic E-state index is 12.6. The summed E-state index contributed by atoms with van der Waals surface area (Å²) < 4.78 is 11.3. The number of phenols is 2. The van der Waals surface area contributed by atoms with Gasteiger partial charge in [0.2, 0.25) is 0 Å². The van der Waals surface area contributed by atoms with E-state index in [0.29, 0.717) is 5.75 Å². The van der Waals surface area contributed by atoms with Crippen LogP contribution in [0.1, 0.15) is 23.3 Å². The summed E-state index contributed by atoms with van der Waals surface area (Å²) in [5.74, 6) is 0.0533. The number of hydrogen-bond acceptors (Lipinski definition) is 8. The maximum atomic E-state index is 12.6. The first kappa shape index (κ1) is 21.5. The number of aromatic hydroxyl groups is 2. The van der Waals surface area contributed by atoms with E-state index >= 15 is 0 Å². The smallest absolute Gasteiger partial charge is 0.273 e. The molecule has 0 unspecified atom stereocenters. The summed E-state index contributed by atoms with van der Waals surface area (Å²) in [4.78, 5) is 14.5. The molecule has 0 bridgehead atoms. The van der Waals surface area contributed by atoms with Gasteiger partial charge in [-0.25, -0.2) is 0 Å². The number of piperidine rings is 1. The molecular weight excluding hydrogens is 412 g/mol. The fraction of sp³-hybridized carbons (Fsp3) is 0.304. The van der Waals surface area contributed by atoms with Gasteiger partial charge < -0.3 is 35.0 Å². The topological polar surface area (TPSA) is 120 Å². The molecule has 0 radical (unpaired) electrons. The Hall–Kier alpha value is -3.72. The number of carbonyl (C=O) groups excluding carboxylic acids is 1. The average Bonchev–Trinajstić information content (AvgIpc) is 3.24. The predicted octanol–water partition coefficient (Wildman–Crippen LogP) is 3.09. The van der Waals surface area contributed by atoms with Crippen LogP contribution in [0.25, 0.3) is 11.3 Å². The van der Waals surface area contributed by atoms with E-state index in [4.69, 9.17) is 9.26 Å². The molecule has 168 valence electrons. The lowest BCUT2D eigenvalue weighted by molar-refractivity contribution is 0.0920. The molecule has 0 saturated carbocycles. The van der Waals surface area contributed by atoms with Crippen LogP contribution in [0, 0.1) is 0 Å². The first-order valence-electron chi connectivity index (χ1n) is 10.4. The summed E-state index contributed by atoms with van der Waals surface area (Å²) in [7, 11) is 3.87. The van der Waals surface area contributed by atoms with Gasteiger partial charge in [0.05, 0.1) is 0 Å². The van der Waals surface area contributed by atoms with Crippen LogP contribution >= 0.6 is 0 Å². The number of nitrogens with zero attached hydrogens (tertiary/aromatic N) is 2. The third kappa shape index (κ3) is 4.78. The van der Waals surface area contributed by atoms with E-state index in [-0.39, 0.29) is 46.2 Å². The van der Waals surface area contributed by atoms with Crippen molar-refractivity contribution in [3.8, 4) is 34.3 Å². The van der Waals surface area contributed by atoms with Crippen molar-refractivity contribution in [1.29, 1.82) is 0 Å². The number of nitrogens with one attached hydrogen (secondary N) is 2. The standard InChI is InChI=1S/C23H26N4O5/c1-27(2)15-3-5-17(6-4-15)31-20-12-16(28)11-19(29)22(20)21-13-18(26-32-21)23(30)25-14-7-9-24-10-8-14/h3-6,11-14,24,28-29H,7-10H2,1-2H3,(H,25,30). The number of amides is 1. The molecule has 2 heterocycles. The predicted molar refractivity (Wildman–Crippen MR) is 119 cm³/mol. The van der Waals surface area contributed by atoms with Crippen molar-refractivity contribution in [3.63, 3.8) is 0 Å². The van der Waals surface area contributed by atoms with Crippen LogP contribution in [0.2, 0.25) is 0 Å². The van der Waals surface area contributed by atoms with Crippen molar-refractivity contribution in [2.45, 2.75) is 18.9 Å².